The van der Waals surface area contributed by atoms with E-state index in [-0.39, 0.29) is 6.42 Å². The highest BCUT2D eigenvalue weighted by molar-refractivity contribution is 6.30. The van der Waals surface area contributed by atoms with Crippen LogP contribution < -0.4 is 10.0 Å². The van der Waals surface area contributed by atoms with E-state index in [1.807, 2.05) is 16.7 Å². The second-order valence-electron chi connectivity index (χ2n) is 6.49. The molecule has 0 bridgehead atoms. The summed E-state index contributed by atoms with van der Waals surface area (Å²) in [5.41, 5.74) is 2.24. The Kier molecular flexibility index (Phi) is 4.87. The van der Waals surface area contributed by atoms with Crippen LogP contribution in [0, 0.1) is 0 Å². The molecule has 0 radical (unpaired) electrons. The largest absolute Gasteiger partial charge is 0.550 e. The molecule has 124 valence electrons. The highest BCUT2D eigenvalue weighted by Gasteiger charge is 2.24. The highest BCUT2D eigenvalue weighted by atomic mass is 35.5. The molecule has 1 aliphatic rings. The van der Waals surface area contributed by atoms with Crippen LogP contribution in [0.5, 0.6) is 0 Å². The van der Waals surface area contributed by atoms with Crippen molar-refractivity contribution in [2.75, 3.05) is 7.05 Å². The van der Waals surface area contributed by atoms with Crippen LogP contribution >= 0.6 is 11.6 Å². The summed E-state index contributed by atoms with van der Waals surface area (Å²) in [5, 5.41) is 11.7. The van der Waals surface area contributed by atoms with Crippen LogP contribution in [0.1, 0.15) is 43.5 Å². The summed E-state index contributed by atoms with van der Waals surface area (Å²) >= 11 is 6.11. The van der Waals surface area contributed by atoms with E-state index in [4.69, 9.17) is 11.6 Å². The maximum atomic E-state index is 11.1. The summed E-state index contributed by atoms with van der Waals surface area (Å²) in [5.74, 6) is -1.10. The molecule has 2 aromatic rings. The number of nitrogens with zero attached hydrogens (tertiary/aromatic N) is 2. The third-order valence-electron chi connectivity index (χ3n) is 4.82. The van der Waals surface area contributed by atoms with Crippen LogP contribution in [0.4, 0.5) is 0 Å². The third-order valence-corrected chi connectivity index (χ3v) is 5.05. The van der Waals surface area contributed by atoms with Gasteiger partial charge in [0.15, 0.2) is 0 Å². The molecule has 2 heterocycles. The predicted molar refractivity (Wildman–Crippen MR) is 86.4 cm³/mol. The number of fused-ring (bicyclic) bond motifs is 1. The van der Waals surface area contributed by atoms with Gasteiger partial charge in [0.05, 0.1) is 23.8 Å². The van der Waals surface area contributed by atoms with Gasteiger partial charge >= 0.3 is 0 Å². The third kappa shape index (κ3) is 3.67. The highest BCUT2D eigenvalue weighted by Crippen LogP contribution is 2.18. The molecule has 6 heteroatoms. The molecule has 1 atom stereocenters. The first-order valence-electron chi connectivity index (χ1n) is 8.22. The summed E-state index contributed by atoms with van der Waals surface area (Å²) in [6.45, 7) is 0.745. The lowest BCUT2D eigenvalue weighted by Crippen LogP contribution is -3.11. The summed E-state index contributed by atoms with van der Waals surface area (Å²) < 4.78 is 1.92. The molecule has 1 N–H and O–H groups in total. The Labute approximate surface area is 140 Å². The second-order valence-corrected chi connectivity index (χ2v) is 6.92. The molecule has 3 rings (SSSR count). The van der Waals surface area contributed by atoms with Crippen molar-refractivity contribution < 1.29 is 14.8 Å². The minimum absolute atomic E-state index is 0.160. The molecule has 0 amide bonds. The van der Waals surface area contributed by atoms with Gasteiger partial charge in [0.2, 0.25) is 0 Å². The summed E-state index contributed by atoms with van der Waals surface area (Å²) in [7, 11) is 2.18. The molecular weight excluding hydrogens is 314 g/mol. The predicted octanol–water partition coefficient (Wildman–Crippen LogP) is 0.628. The van der Waals surface area contributed by atoms with E-state index in [9.17, 15) is 9.90 Å². The van der Waals surface area contributed by atoms with Gasteiger partial charge in [0.25, 0.3) is 0 Å². The smallest absolute Gasteiger partial charge is 0.137 e. The Morgan fingerprint density at radius 1 is 1.39 bits per heavy atom. The lowest BCUT2D eigenvalue weighted by atomic mass is 9.94. The van der Waals surface area contributed by atoms with Gasteiger partial charge in [-0.25, -0.2) is 4.98 Å². The minimum atomic E-state index is -1.10. The number of carboxylic acids is 1. The zero-order valence-electron chi connectivity index (χ0n) is 13.3. The average Bonchev–Trinajstić information content (AvgIpc) is 2.84. The number of halogens is 1. The molecule has 1 saturated carbocycles. The van der Waals surface area contributed by atoms with Crippen molar-refractivity contribution in [3.63, 3.8) is 0 Å². The van der Waals surface area contributed by atoms with E-state index >= 15 is 0 Å². The minimum Gasteiger partial charge on any atom is -0.550 e. The molecule has 0 aromatic carbocycles. The van der Waals surface area contributed by atoms with Gasteiger partial charge in [-0.15, -0.1) is 0 Å². The quantitative estimate of drug-likeness (QED) is 0.871. The van der Waals surface area contributed by atoms with Crippen molar-refractivity contribution in [2.24, 2.45) is 0 Å². The van der Waals surface area contributed by atoms with Gasteiger partial charge in [-0.2, -0.15) is 0 Å². The Hall–Kier alpha value is -1.59. The number of aliphatic carboxylic acids is 1. The molecule has 23 heavy (non-hydrogen) atoms. The van der Waals surface area contributed by atoms with Crippen molar-refractivity contribution >= 4 is 23.2 Å². The van der Waals surface area contributed by atoms with E-state index in [1.165, 1.54) is 37.0 Å². The zero-order chi connectivity index (χ0) is 16.4. The van der Waals surface area contributed by atoms with E-state index in [0.29, 0.717) is 16.8 Å². The first kappa shape index (κ1) is 16.3. The SMILES string of the molecule is C[NH+](Cc1c(CC(=O)[O-])nc2ccc(Cl)cn12)C1CCCCC1. The van der Waals surface area contributed by atoms with Gasteiger partial charge in [0, 0.05) is 18.6 Å². The molecule has 1 unspecified atom stereocenters. The maximum Gasteiger partial charge on any atom is 0.137 e. The number of pyridine rings is 1. The van der Waals surface area contributed by atoms with Gasteiger partial charge in [-0.05, 0) is 37.8 Å². The van der Waals surface area contributed by atoms with Crippen LogP contribution in [0.15, 0.2) is 18.3 Å². The number of carboxylic acid groups (broad SMARTS) is 1. The lowest BCUT2D eigenvalue weighted by Gasteiger charge is -2.28. The van der Waals surface area contributed by atoms with Crippen molar-refractivity contribution in [2.45, 2.75) is 51.1 Å². The Bertz CT molecular complexity index is 707. The van der Waals surface area contributed by atoms with Gasteiger partial charge < -0.3 is 14.8 Å². The van der Waals surface area contributed by atoms with Gasteiger partial charge in [0.1, 0.15) is 17.9 Å². The molecule has 0 saturated heterocycles. The van der Waals surface area contributed by atoms with Crippen molar-refractivity contribution in [1.29, 1.82) is 0 Å². The monoisotopic (exact) mass is 335 g/mol. The number of hydrogen-bond acceptors (Lipinski definition) is 3. The van der Waals surface area contributed by atoms with E-state index in [0.717, 1.165) is 17.9 Å². The first-order valence-corrected chi connectivity index (χ1v) is 8.60. The van der Waals surface area contributed by atoms with Crippen LogP contribution in [0.25, 0.3) is 5.65 Å². The van der Waals surface area contributed by atoms with Gasteiger partial charge in [-0.3, -0.25) is 4.40 Å². The average molecular weight is 336 g/mol. The fourth-order valence-electron chi connectivity index (χ4n) is 3.59. The van der Waals surface area contributed by atoms with Crippen molar-refractivity contribution in [3.8, 4) is 0 Å². The lowest BCUT2D eigenvalue weighted by molar-refractivity contribution is -0.921. The normalized spacial score (nSPS) is 17.5. The Morgan fingerprint density at radius 3 is 2.83 bits per heavy atom. The topological polar surface area (TPSA) is 61.9 Å². The molecule has 5 nitrogen and oxygen atoms in total. The van der Waals surface area contributed by atoms with Gasteiger partial charge in [-0.1, -0.05) is 18.0 Å². The molecule has 1 fully saturated rings. The number of carbonyl (C=O) groups is 1. The standard InChI is InChI=1S/C17H22ClN3O2/c1-20(13-5-3-2-4-6-13)11-15-14(9-17(22)23)19-16-8-7-12(18)10-21(15)16/h7-8,10,13H,2-6,9,11H2,1H3,(H,22,23). The van der Waals surface area contributed by atoms with Crippen LogP contribution in [-0.4, -0.2) is 28.4 Å². The fourth-order valence-corrected chi connectivity index (χ4v) is 3.75. The first-order chi connectivity index (χ1) is 11.0. The number of imidazole rings is 1. The van der Waals surface area contributed by atoms with Crippen LogP contribution in [-0.2, 0) is 17.8 Å². The number of quaternary nitrogens is 1. The maximum absolute atomic E-state index is 11.1. The Balaban J connectivity index is 1.92. The van der Waals surface area contributed by atoms with E-state index in [2.05, 4.69) is 12.0 Å². The molecule has 2 aromatic heterocycles. The van der Waals surface area contributed by atoms with Crippen LogP contribution in [0.2, 0.25) is 5.02 Å². The summed E-state index contributed by atoms with van der Waals surface area (Å²) in [6, 6.07) is 4.22. The number of hydrogen-bond donors (Lipinski definition) is 1. The zero-order valence-corrected chi connectivity index (χ0v) is 14.1. The number of carbonyl (C=O) groups excluding carboxylic acids is 1. The molecule has 1 aliphatic carbocycles. The second kappa shape index (κ2) is 6.89. The number of rotatable bonds is 5. The van der Waals surface area contributed by atoms with E-state index < -0.39 is 5.97 Å². The van der Waals surface area contributed by atoms with E-state index in [1.54, 1.807) is 6.07 Å². The summed E-state index contributed by atoms with van der Waals surface area (Å²) in [6.07, 6.45) is 8.02. The van der Waals surface area contributed by atoms with Crippen molar-refractivity contribution in [1.82, 2.24) is 9.38 Å². The molecule has 0 aliphatic heterocycles. The number of nitrogens with one attached hydrogen (secondary N) is 1. The summed E-state index contributed by atoms with van der Waals surface area (Å²) in [4.78, 5) is 16.9. The molecule has 0 spiro atoms. The Morgan fingerprint density at radius 2 is 2.13 bits per heavy atom. The molecular formula is C17H22ClN3O2. The number of aromatic nitrogens is 2. The van der Waals surface area contributed by atoms with Crippen molar-refractivity contribution in [3.05, 3.63) is 34.7 Å². The fraction of sp³-hybridized carbons (Fsp3) is 0.529. The van der Waals surface area contributed by atoms with Crippen LogP contribution in [0.3, 0.4) is 0 Å².